The van der Waals surface area contributed by atoms with Gasteiger partial charge in [0.05, 0.1) is 6.54 Å². The molecule has 148 valence electrons. The van der Waals surface area contributed by atoms with Crippen molar-refractivity contribution < 1.29 is 9.21 Å². The second-order valence-corrected chi connectivity index (χ2v) is 8.56. The monoisotopic (exact) mass is 372 g/mol. The summed E-state index contributed by atoms with van der Waals surface area (Å²) in [5, 5.41) is 3.04. The van der Waals surface area contributed by atoms with Crippen LogP contribution in [0.4, 0.5) is 4.79 Å². The van der Waals surface area contributed by atoms with Crippen molar-refractivity contribution in [2.24, 2.45) is 0 Å². The molecule has 1 atom stereocenters. The number of nitrogens with one attached hydrogen (secondary N) is 1. The minimum atomic E-state index is 0.0422. The Morgan fingerprint density at radius 1 is 1.26 bits per heavy atom. The van der Waals surface area contributed by atoms with Crippen LogP contribution in [0.2, 0.25) is 0 Å². The highest BCUT2D eigenvalue weighted by molar-refractivity contribution is 5.75. The lowest BCUT2D eigenvalue weighted by molar-refractivity contribution is 0.128. The van der Waals surface area contributed by atoms with Crippen molar-refractivity contribution in [2.75, 3.05) is 26.2 Å². The average molecular weight is 373 g/mol. The maximum absolute atomic E-state index is 12.2. The summed E-state index contributed by atoms with van der Waals surface area (Å²) >= 11 is 0. The molecule has 2 amide bonds. The number of nitrogens with zero attached hydrogens (tertiary/aromatic N) is 3. The van der Waals surface area contributed by atoms with Crippen LogP contribution in [0.25, 0.3) is 11.1 Å². The van der Waals surface area contributed by atoms with E-state index in [1.165, 1.54) is 5.56 Å². The van der Waals surface area contributed by atoms with Crippen molar-refractivity contribution in [1.82, 2.24) is 20.1 Å². The van der Waals surface area contributed by atoms with Crippen LogP contribution < -0.4 is 5.32 Å². The fourth-order valence-electron chi connectivity index (χ4n) is 3.21. The minimum Gasteiger partial charge on any atom is -0.439 e. The SMILES string of the molecule is CCC(C)NC(=O)N1CCN(Cc2nc3cc(C(C)(C)C)ccc3o2)CC1. The summed E-state index contributed by atoms with van der Waals surface area (Å²) in [6, 6.07) is 6.52. The summed E-state index contributed by atoms with van der Waals surface area (Å²) < 4.78 is 5.93. The highest BCUT2D eigenvalue weighted by atomic mass is 16.3. The number of hydrogen-bond donors (Lipinski definition) is 1. The fraction of sp³-hybridized carbons (Fsp3) is 0.619. The van der Waals surface area contributed by atoms with Crippen molar-refractivity contribution >= 4 is 17.1 Å². The molecule has 0 aliphatic carbocycles. The number of urea groups is 1. The number of aromatic nitrogens is 1. The molecule has 2 heterocycles. The molecule has 1 unspecified atom stereocenters. The predicted octanol–water partition coefficient (Wildman–Crippen LogP) is 3.75. The van der Waals surface area contributed by atoms with Crippen LogP contribution in [-0.2, 0) is 12.0 Å². The van der Waals surface area contributed by atoms with Crippen LogP contribution in [0.15, 0.2) is 22.6 Å². The molecule has 3 rings (SSSR count). The van der Waals surface area contributed by atoms with Gasteiger partial charge in [0.25, 0.3) is 0 Å². The average Bonchev–Trinajstić information content (AvgIpc) is 3.02. The standard InChI is InChI=1S/C21H32N4O2/c1-6-15(2)22-20(26)25-11-9-24(10-12-25)14-19-23-17-13-16(21(3,4)5)7-8-18(17)27-19/h7-8,13,15H,6,9-12,14H2,1-5H3,(H,22,26). The third kappa shape index (κ3) is 4.80. The quantitative estimate of drug-likeness (QED) is 0.888. The van der Waals surface area contributed by atoms with Crippen molar-refractivity contribution in [3.63, 3.8) is 0 Å². The zero-order valence-electron chi connectivity index (χ0n) is 17.2. The molecule has 0 radical (unpaired) electrons. The molecule has 0 saturated carbocycles. The first-order valence-corrected chi connectivity index (χ1v) is 9.94. The number of carbonyl (C=O) groups excluding carboxylic acids is 1. The molecule has 1 saturated heterocycles. The first-order chi connectivity index (χ1) is 12.8. The van der Waals surface area contributed by atoms with E-state index < -0.39 is 0 Å². The van der Waals surface area contributed by atoms with Gasteiger partial charge in [0.15, 0.2) is 5.58 Å². The number of rotatable bonds is 4. The Kier molecular flexibility index (Phi) is 5.75. The molecule has 0 spiro atoms. The molecule has 1 aliphatic rings. The third-order valence-corrected chi connectivity index (χ3v) is 5.30. The van der Waals surface area contributed by atoms with E-state index in [4.69, 9.17) is 4.42 Å². The van der Waals surface area contributed by atoms with E-state index in [9.17, 15) is 4.79 Å². The fourth-order valence-corrected chi connectivity index (χ4v) is 3.21. The van der Waals surface area contributed by atoms with E-state index in [1.807, 2.05) is 17.9 Å². The molecule has 2 aromatic rings. The van der Waals surface area contributed by atoms with Gasteiger partial charge in [-0.25, -0.2) is 9.78 Å². The van der Waals surface area contributed by atoms with Crippen molar-refractivity contribution in [1.29, 1.82) is 0 Å². The molecular weight excluding hydrogens is 340 g/mol. The summed E-state index contributed by atoms with van der Waals surface area (Å²) in [5.74, 6) is 0.744. The molecule has 1 fully saturated rings. The van der Waals surface area contributed by atoms with Crippen LogP contribution in [-0.4, -0.2) is 53.0 Å². The van der Waals surface area contributed by atoms with Gasteiger partial charge in [-0.05, 0) is 36.5 Å². The first kappa shape index (κ1) is 19.7. The molecule has 1 aliphatic heterocycles. The van der Waals surface area contributed by atoms with E-state index in [2.05, 4.69) is 55.0 Å². The van der Waals surface area contributed by atoms with Crippen LogP contribution in [0, 0.1) is 0 Å². The Morgan fingerprint density at radius 2 is 1.96 bits per heavy atom. The predicted molar refractivity (Wildman–Crippen MR) is 108 cm³/mol. The van der Waals surface area contributed by atoms with E-state index in [0.717, 1.165) is 49.6 Å². The van der Waals surface area contributed by atoms with Crippen LogP contribution in [0.3, 0.4) is 0 Å². The van der Waals surface area contributed by atoms with Crippen molar-refractivity contribution in [2.45, 2.75) is 59.0 Å². The second-order valence-electron chi connectivity index (χ2n) is 8.56. The summed E-state index contributed by atoms with van der Waals surface area (Å²) in [5.41, 5.74) is 3.11. The van der Waals surface area contributed by atoms with Crippen molar-refractivity contribution in [3.05, 3.63) is 29.7 Å². The second kappa shape index (κ2) is 7.89. The molecule has 1 aromatic carbocycles. The van der Waals surface area contributed by atoms with E-state index >= 15 is 0 Å². The van der Waals surface area contributed by atoms with Gasteiger partial charge in [-0.3, -0.25) is 4.90 Å². The van der Waals surface area contributed by atoms with Gasteiger partial charge >= 0.3 is 6.03 Å². The molecule has 1 N–H and O–H groups in total. The summed E-state index contributed by atoms with van der Waals surface area (Å²) in [4.78, 5) is 21.1. The van der Waals surface area contributed by atoms with Gasteiger partial charge in [-0.15, -0.1) is 0 Å². The van der Waals surface area contributed by atoms with Gasteiger partial charge in [-0.2, -0.15) is 0 Å². The largest absolute Gasteiger partial charge is 0.439 e. The van der Waals surface area contributed by atoms with Gasteiger partial charge in [0, 0.05) is 32.2 Å². The summed E-state index contributed by atoms with van der Waals surface area (Å²) in [6.07, 6.45) is 0.945. The lowest BCUT2D eigenvalue weighted by atomic mass is 9.87. The number of oxazole rings is 1. The molecule has 6 heteroatoms. The Bertz CT molecular complexity index is 785. The van der Waals surface area contributed by atoms with Gasteiger partial charge in [0.1, 0.15) is 5.52 Å². The zero-order chi connectivity index (χ0) is 19.6. The Morgan fingerprint density at radius 3 is 2.59 bits per heavy atom. The minimum absolute atomic E-state index is 0.0422. The van der Waals surface area contributed by atoms with Crippen LogP contribution >= 0.6 is 0 Å². The Balaban J connectivity index is 1.58. The van der Waals surface area contributed by atoms with Gasteiger partial charge in [0.2, 0.25) is 5.89 Å². The van der Waals surface area contributed by atoms with E-state index in [0.29, 0.717) is 6.54 Å². The number of hydrogen-bond acceptors (Lipinski definition) is 4. The zero-order valence-corrected chi connectivity index (χ0v) is 17.2. The first-order valence-electron chi connectivity index (χ1n) is 9.94. The highest BCUT2D eigenvalue weighted by Crippen LogP contribution is 2.26. The number of benzene rings is 1. The van der Waals surface area contributed by atoms with Crippen molar-refractivity contribution in [3.8, 4) is 0 Å². The lowest BCUT2D eigenvalue weighted by Crippen LogP contribution is -2.52. The normalized spacial score (nSPS) is 17.3. The molecule has 1 aromatic heterocycles. The maximum Gasteiger partial charge on any atom is 0.317 e. The highest BCUT2D eigenvalue weighted by Gasteiger charge is 2.23. The number of carbonyl (C=O) groups is 1. The molecule has 6 nitrogen and oxygen atoms in total. The Labute approximate surface area is 161 Å². The van der Waals surface area contributed by atoms with Crippen LogP contribution in [0.5, 0.6) is 0 Å². The topological polar surface area (TPSA) is 61.6 Å². The summed E-state index contributed by atoms with van der Waals surface area (Å²) in [6.45, 7) is 14.5. The number of amides is 2. The molecule has 27 heavy (non-hydrogen) atoms. The third-order valence-electron chi connectivity index (χ3n) is 5.30. The summed E-state index contributed by atoms with van der Waals surface area (Å²) in [7, 11) is 0. The smallest absolute Gasteiger partial charge is 0.317 e. The molecular formula is C21H32N4O2. The van der Waals surface area contributed by atoms with E-state index in [-0.39, 0.29) is 17.5 Å². The van der Waals surface area contributed by atoms with E-state index in [1.54, 1.807) is 0 Å². The Hall–Kier alpha value is -2.08. The van der Waals surface area contributed by atoms with Gasteiger partial charge in [-0.1, -0.05) is 33.8 Å². The van der Waals surface area contributed by atoms with Crippen LogP contribution in [0.1, 0.15) is 52.5 Å². The number of piperazine rings is 1. The molecule has 0 bridgehead atoms. The lowest BCUT2D eigenvalue weighted by Gasteiger charge is -2.34. The maximum atomic E-state index is 12.2. The van der Waals surface area contributed by atoms with Gasteiger partial charge < -0.3 is 14.6 Å². The number of fused-ring (bicyclic) bond motifs is 1.